The number of fused-ring (bicyclic) bond motifs is 1. The van der Waals surface area contributed by atoms with Crippen LogP contribution in [0.2, 0.25) is 0 Å². The Morgan fingerprint density at radius 3 is 3.05 bits per heavy atom. The molecule has 0 saturated heterocycles. The predicted molar refractivity (Wildman–Crippen MR) is 75.5 cm³/mol. The van der Waals surface area contributed by atoms with Crippen molar-refractivity contribution in [1.82, 2.24) is 14.9 Å². The first-order valence-electron chi connectivity index (χ1n) is 6.43. The van der Waals surface area contributed by atoms with Gasteiger partial charge in [0.2, 0.25) is 0 Å². The minimum absolute atomic E-state index is 0.264. The fourth-order valence-corrected chi connectivity index (χ4v) is 2.05. The predicted octanol–water partition coefficient (Wildman–Crippen LogP) is 1.78. The van der Waals surface area contributed by atoms with E-state index in [1.54, 1.807) is 13.0 Å². The van der Waals surface area contributed by atoms with E-state index < -0.39 is 0 Å². The van der Waals surface area contributed by atoms with Crippen LogP contribution in [-0.4, -0.2) is 22.0 Å². The monoisotopic (exact) mass is 273 g/mol. The van der Waals surface area contributed by atoms with Crippen LogP contribution in [0.4, 0.5) is 4.39 Å². The van der Waals surface area contributed by atoms with E-state index in [1.165, 1.54) is 12.1 Å². The van der Waals surface area contributed by atoms with Crippen molar-refractivity contribution < 1.29 is 9.18 Å². The second-order valence-electron chi connectivity index (χ2n) is 4.45. The summed E-state index contributed by atoms with van der Waals surface area (Å²) < 4.78 is 15.1. The molecule has 0 aliphatic heterocycles. The Hall–Kier alpha value is -2.35. The molecule has 0 unspecified atom stereocenters. The van der Waals surface area contributed by atoms with Gasteiger partial charge in [-0.3, -0.25) is 4.79 Å². The van der Waals surface area contributed by atoms with Gasteiger partial charge in [-0.25, -0.2) is 9.37 Å². The number of carbonyl (C=O) groups is 1. The van der Waals surface area contributed by atoms with E-state index >= 15 is 0 Å². The van der Waals surface area contributed by atoms with Gasteiger partial charge in [-0.15, -0.1) is 0 Å². The summed E-state index contributed by atoms with van der Waals surface area (Å²) in [7, 11) is 1.91. The molecular formula is C15H16FN3O. The number of hydrogen-bond acceptors (Lipinski definition) is 2. The molecular weight excluding hydrogens is 257 g/mol. The van der Waals surface area contributed by atoms with Crippen molar-refractivity contribution in [3.63, 3.8) is 0 Å². The highest BCUT2D eigenvalue weighted by atomic mass is 19.1. The average Bonchev–Trinajstić information content (AvgIpc) is 2.71. The van der Waals surface area contributed by atoms with Gasteiger partial charge in [0.1, 0.15) is 11.6 Å². The van der Waals surface area contributed by atoms with Gasteiger partial charge in [0, 0.05) is 26.1 Å². The summed E-state index contributed by atoms with van der Waals surface area (Å²) in [6, 6.07) is 4.58. The lowest BCUT2D eigenvalue weighted by Gasteiger charge is -2.03. The molecule has 1 heterocycles. The molecule has 0 aliphatic carbocycles. The van der Waals surface area contributed by atoms with E-state index in [1.807, 2.05) is 11.6 Å². The number of hydrogen-bond donors (Lipinski definition) is 1. The van der Waals surface area contributed by atoms with E-state index in [9.17, 15) is 9.18 Å². The second-order valence-corrected chi connectivity index (χ2v) is 4.45. The zero-order valence-electron chi connectivity index (χ0n) is 11.5. The molecule has 0 atom stereocenters. The van der Waals surface area contributed by atoms with E-state index in [0.29, 0.717) is 18.5 Å². The van der Waals surface area contributed by atoms with Crippen LogP contribution < -0.4 is 5.32 Å². The third-order valence-electron chi connectivity index (χ3n) is 3.04. The quantitative estimate of drug-likeness (QED) is 0.682. The van der Waals surface area contributed by atoms with Crippen molar-refractivity contribution in [3.8, 4) is 11.8 Å². The number of imidazole rings is 1. The summed E-state index contributed by atoms with van der Waals surface area (Å²) in [5.41, 5.74) is 1.56. The standard InChI is InChI=1S/C15H16FN3O/c1-3-5-15(20)17-9-4-6-14-18-12-10-11(16)7-8-13(12)19(14)2/h7-8,10H,4,6,9H2,1-2H3,(H,17,20). The van der Waals surface area contributed by atoms with Crippen molar-refractivity contribution in [2.45, 2.75) is 19.8 Å². The van der Waals surface area contributed by atoms with Gasteiger partial charge < -0.3 is 9.88 Å². The minimum atomic E-state index is -0.285. The SMILES string of the molecule is CC#CC(=O)NCCCc1nc2cc(F)ccc2n1C. The number of carbonyl (C=O) groups excluding carboxylic acids is 1. The fourth-order valence-electron chi connectivity index (χ4n) is 2.05. The Morgan fingerprint density at radius 2 is 2.30 bits per heavy atom. The van der Waals surface area contributed by atoms with Crippen molar-refractivity contribution >= 4 is 16.9 Å². The van der Waals surface area contributed by atoms with Crippen LogP contribution in [0.25, 0.3) is 11.0 Å². The van der Waals surface area contributed by atoms with Crippen LogP contribution in [0.1, 0.15) is 19.2 Å². The van der Waals surface area contributed by atoms with Crippen molar-refractivity contribution in [2.75, 3.05) is 6.54 Å². The normalized spacial score (nSPS) is 10.2. The Morgan fingerprint density at radius 1 is 1.50 bits per heavy atom. The number of amides is 1. The number of nitrogens with one attached hydrogen (secondary N) is 1. The summed E-state index contributed by atoms with van der Waals surface area (Å²) in [5, 5.41) is 2.71. The van der Waals surface area contributed by atoms with E-state index in [-0.39, 0.29) is 11.7 Å². The van der Waals surface area contributed by atoms with Gasteiger partial charge >= 0.3 is 0 Å². The number of aromatic nitrogens is 2. The van der Waals surface area contributed by atoms with Gasteiger partial charge in [0.05, 0.1) is 11.0 Å². The van der Waals surface area contributed by atoms with Crippen LogP contribution >= 0.6 is 0 Å². The van der Waals surface area contributed by atoms with Crippen LogP contribution in [0.3, 0.4) is 0 Å². The lowest BCUT2D eigenvalue weighted by atomic mass is 10.3. The van der Waals surface area contributed by atoms with Gasteiger partial charge in [-0.2, -0.15) is 0 Å². The largest absolute Gasteiger partial charge is 0.345 e. The van der Waals surface area contributed by atoms with Crippen molar-refractivity contribution in [1.29, 1.82) is 0 Å². The Kier molecular flexibility index (Phi) is 4.36. The molecule has 0 aliphatic rings. The molecule has 20 heavy (non-hydrogen) atoms. The van der Waals surface area contributed by atoms with E-state index in [4.69, 9.17) is 0 Å². The maximum atomic E-state index is 13.1. The highest BCUT2D eigenvalue weighted by molar-refractivity contribution is 5.93. The molecule has 4 nitrogen and oxygen atoms in total. The first-order valence-corrected chi connectivity index (χ1v) is 6.43. The third-order valence-corrected chi connectivity index (χ3v) is 3.04. The highest BCUT2D eigenvalue weighted by Crippen LogP contribution is 2.16. The zero-order chi connectivity index (χ0) is 14.5. The first-order chi connectivity index (χ1) is 9.61. The smallest absolute Gasteiger partial charge is 0.295 e. The number of nitrogens with zero attached hydrogens (tertiary/aromatic N) is 2. The molecule has 0 saturated carbocycles. The van der Waals surface area contributed by atoms with Crippen molar-refractivity contribution in [3.05, 3.63) is 29.8 Å². The molecule has 0 bridgehead atoms. The summed E-state index contributed by atoms with van der Waals surface area (Å²) in [5.74, 6) is 5.29. The molecule has 1 aromatic carbocycles. The maximum Gasteiger partial charge on any atom is 0.295 e. The van der Waals surface area contributed by atoms with Crippen molar-refractivity contribution in [2.24, 2.45) is 7.05 Å². The summed E-state index contributed by atoms with van der Waals surface area (Å²) in [6.45, 7) is 2.17. The van der Waals surface area contributed by atoms with E-state index in [0.717, 1.165) is 17.8 Å². The molecule has 2 rings (SSSR count). The highest BCUT2D eigenvalue weighted by Gasteiger charge is 2.08. The molecule has 104 valence electrons. The summed E-state index contributed by atoms with van der Waals surface area (Å²) >= 11 is 0. The number of benzene rings is 1. The number of aryl methyl sites for hydroxylation is 2. The maximum absolute atomic E-state index is 13.1. The molecule has 1 N–H and O–H groups in total. The Labute approximate surface area is 117 Å². The van der Waals surface area contributed by atoms with Crippen LogP contribution in [0, 0.1) is 17.7 Å². The molecule has 0 radical (unpaired) electrons. The number of rotatable bonds is 4. The Balaban J connectivity index is 1.98. The topological polar surface area (TPSA) is 46.9 Å². The molecule has 1 amide bonds. The second kappa shape index (κ2) is 6.20. The zero-order valence-corrected chi connectivity index (χ0v) is 11.5. The lowest BCUT2D eigenvalue weighted by molar-refractivity contribution is -0.115. The molecule has 2 aromatic rings. The average molecular weight is 273 g/mol. The fraction of sp³-hybridized carbons (Fsp3) is 0.333. The van der Waals surface area contributed by atoms with Gasteiger partial charge in [0.25, 0.3) is 5.91 Å². The Bertz CT molecular complexity index is 694. The van der Waals surface area contributed by atoms with Gasteiger partial charge in [-0.05, 0) is 31.4 Å². The summed E-state index contributed by atoms with van der Waals surface area (Å²) in [4.78, 5) is 15.6. The molecule has 0 fully saturated rings. The van der Waals surface area contributed by atoms with Crippen LogP contribution in [-0.2, 0) is 18.3 Å². The number of halogens is 1. The first kappa shape index (κ1) is 14.1. The van der Waals surface area contributed by atoms with Gasteiger partial charge in [-0.1, -0.05) is 5.92 Å². The van der Waals surface area contributed by atoms with E-state index in [2.05, 4.69) is 22.1 Å². The molecule has 1 aromatic heterocycles. The van der Waals surface area contributed by atoms with Crippen LogP contribution in [0.15, 0.2) is 18.2 Å². The third kappa shape index (κ3) is 3.15. The van der Waals surface area contributed by atoms with Crippen LogP contribution in [0.5, 0.6) is 0 Å². The lowest BCUT2D eigenvalue weighted by Crippen LogP contribution is -2.23. The summed E-state index contributed by atoms with van der Waals surface area (Å²) in [6.07, 6.45) is 1.48. The molecule has 5 heteroatoms. The minimum Gasteiger partial charge on any atom is -0.345 e. The molecule has 0 spiro atoms. The van der Waals surface area contributed by atoms with Gasteiger partial charge in [0.15, 0.2) is 0 Å².